The van der Waals surface area contributed by atoms with Crippen LogP contribution in [0.15, 0.2) is 48.6 Å². The van der Waals surface area contributed by atoms with Gasteiger partial charge in [-0.1, -0.05) is 56.9 Å². The average molecular weight is 251 g/mol. The molecule has 1 atom stereocenters. The number of halogens is 1. The number of alkyl halides is 1. The van der Waals surface area contributed by atoms with E-state index in [1.807, 2.05) is 13.0 Å². The van der Waals surface area contributed by atoms with E-state index in [1.54, 1.807) is 6.08 Å². The summed E-state index contributed by atoms with van der Waals surface area (Å²) in [5.41, 5.74) is 1.20. The first-order valence-corrected chi connectivity index (χ1v) is 6.67. The lowest BCUT2D eigenvalue weighted by molar-refractivity contribution is 0.241. The molecule has 0 saturated carbocycles. The van der Waals surface area contributed by atoms with Crippen molar-refractivity contribution in [1.82, 2.24) is 4.90 Å². The van der Waals surface area contributed by atoms with Gasteiger partial charge in [0.05, 0.1) is 6.04 Å². The summed E-state index contributed by atoms with van der Waals surface area (Å²) in [5.74, 6) is 0. The molecule has 1 unspecified atom stereocenters. The molecular weight excluding hydrogens is 225 g/mol. The molecule has 0 rings (SSSR count). The van der Waals surface area contributed by atoms with E-state index in [2.05, 4.69) is 49.6 Å². The molecular formula is C16H26FN. The molecule has 0 aliphatic rings. The number of hydrogen-bond donors (Lipinski definition) is 0. The first kappa shape index (κ1) is 16.9. The molecule has 0 radical (unpaired) electrons. The molecule has 0 aromatic carbocycles. The Morgan fingerprint density at radius 3 is 2.56 bits per heavy atom. The Morgan fingerprint density at radius 1 is 1.39 bits per heavy atom. The molecule has 0 fully saturated rings. The van der Waals surface area contributed by atoms with Gasteiger partial charge in [-0.15, -0.1) is 0 Å². The molecule has 2 heteroatoms. The lowest BCUT2D eigenvalue weighted by atomic mass is 10.0. The van der Waals surface area contributed by atoms with Crippen LogP contribution in [0.25, 0.3) is 0 Å². The average Bonchev–Trinajstić information content (AvgIpc) is 2.40. The molecule has 102 valence electrons. The van der Waals surface area contributed by atoms with Crippen molar-refractivity contribution in [3.05, 3.63) is 48.6 Å². The van der Waals surface area contributed by atoms with Crippen molar-refractivity contribution in [2.45, 2.75) is 33.2 Å². The molecule has 0 bridgehead atoms. The highest BCUT2D eigenvalue weighted by Crippen LogP contribution is 2.15. The summed E-state index contributed by atoms with van der Waals surface area (Å²) >= 11 is 0. The van der Waals surface area contributed by atoms with Gasteiger partial charge in [0, 0.05) is 6.54 Å². The van der Waals surface area contributed by atoms with E-state index in [1.165, 1.54) is 5.57 Å². The Balaban J connectivity index is 5.10. The Bertz CT molecular complexity index is 302. The molecule has 0 N–H and O–H groups in total. The van der Waals surface area contributed by atoms with E-state index < -0.39 is 0 Å². The predicted octanol–water partition coefficient (Wildman–Crippen LogP) is 4.30. The number of likely N-dealkylation sites (N-methyl/N-ethyl adjacent to an activating group) is 1. The van der Waals surface area contributed by atoms with E-state index in [0.29, 0.717) is 6.54 Å². The quantitative estimate of drug-likeness (QED) is 0.552. The zero-order chi connectivity index (χ0) is 13.8. The van der Waals surface area contributed by atoms with Crippen LogP contribution in [-0.4, -0.2) is 30.7 Å². The number of nitrogens with zero attached hydrogens (tertiary/aromatic N) is 1. The maximum absolute atomic E-state index is 12.6. The Morgan fingerprint density at radius 2 is 2.11 bits per heavy atom. The van der Waals surface area contributed by atoms with Gasteiger partial charge in [0.1, 0.15) is 6.67 Å². The van der Waals surface area contributed by atoms with Crippen molar-refractivity contribution in [2.24, 2.45) is 0 Å². The second-order valence-corrected chi connectivity index (χ2v) is 3.98. The fourth-order valence-electron chi connectivity index (χ4n) is 1.85. The first-order valence-electron chi connectivity index (χ1n) is 6.67. The standard InChI is InChI=1S/C16H26FN/c1-5-9-11-15(7-3)16(12-10-6-2)18(8-4)14-13-17/h6-7,9-12,16H,2,5,8,13-14H2,1,3-4H3/b11-9-,12-10+,15-7+. The third-order valence-electron chi connectivity index (χ3n) is 2.82. The minimum Gasteiger partial charge on any atom is -0.291 e. The fourth-order valence-corrected chi connectivity index (χ4v) is 1.85. The number of rotatable bonds is 9. The van der Waals surface area contributed by atoms with Crippen molar-refractivity contribution in [3.63, 3.8) is 0 Å². The van der Waals surface area contributed by atoms with Gasteiger partial charge in [-0.3, -0.25) is 4.90 Å². The lowest BCUT2D eigenvalue weighted by Crippen LogP contribution is -2.36. The van der Waals surface area contributed by atoms with Crippen LogP contribution in [0, 0.1) is 0 Å². The molecule has 18 heavy (non-hydrogen) atoms. The molecule has 0 heterocycles. The summed E-state index contributed by atoms with van der Waals surface area (Å²) in [6.45, 7) is 10.8. The minimum absolute atomic E-state index is 0.122. The van der Waals surface area contributed by atoms with Crippen LogP contribution in [0.5, 0.6) is 0 Å². The molecule has 0 amide bonds. The highest BCUT2D eigenvalue weighted by Gasteiger charge is 2.16. The maximum Gasteiger partial charge on any atom is 0.102 e. The van der Waals surface area contributed by atoms with Crippen LogP contribution in [0.2, 0.25) is 0 Å². The molecule has 0 spiro atoms. The number of hydrogen-bond acceptors (Lipinski definition) is 1. The zero-order valence-corrected chi connectivity index (χ0v) is 11.9. The fraction of sp³-hybridized carbons (Fsp3) is 0.500. The van der Waals surface area contributed by atoms with Gasteiger partial charge in [0.2, 0.25) is 0 Å². The van der Waals surface area contributed by atoms with E-state index in [0.717, 1.165) is 13.0 Å². The molecule has 0 aromatic rings. The van der Waals surface area contributed by atoms with Crippen LogP contribution < -0.4 is 0 Å². The summed E-state index contributed by atoms with van der Waals surface area (Å²) in [6, 6.07) is 0.122. The highest BCUT2D eigenvalue weighted by atomic mass is 19.1. The second-order valence-electron chi connectivity index (χ2n) is 3.98. The summed E-state index contributed by atoms with van der Waals surface area (Å²) in [7, 11) is 0. The predicted molar refractivity (Wildman–Crippen MR) is 79.5 cm³/mol. The van der Waals surface area contributed by atoms with Crippen molar-refractivity contribution in [3.8, 4) is 0 Å². The van der Waals surface area contributed by atoms with Crippen molar-refractivity contribution in [2.75, 3.05) is 19.8 Å². The molecule has 1 nitrogen and oxygen atoms in total. The second kappa shape index (κ2) is 11.0. The smallest absolute Gasteiger partial charge is 0.102 e. The van der Waals surface area contributed by atoms with Crippen molar-refractivity contribution >= 4 is 0 Å². The summed E-state index contributed by atoms with van der Waals surface area (Å²) in [4.78, 5) is 2.12. The summed E-state index contributed by atoms with van der Waals surface area (Å²) < 4.78 is 12.6. The Hall–Kier alpha value is -1.15. The van der Waals surface area contributed by atoms with Crippen LogP contribution in [0.4, 0.5) is 4.39 Å². The maximum atomic E-state index is 12.6. The molecule has 0 aliphatic heterocycles. The summed E-state index contributed by atoms with van der Waals surface area (Å²) in [6.07, 6.45) is 13.1. The van der Waals surface area contributed by atoms with Gasteiger partial charge in [-0.25, -0.2) is 4.39 Å². The van der Waals surface area contributed by atoms with Crippen molar-refractivity contribution in [1.29, 1.82) is 0 Å². The highest BCUT2D eigenvalue weighted by molar-refractivity contribution is 5.30. The number of allylic oxidation sites excluding steroid dienone is 4. The van der Waals surface area contributed by atoms with Gasteiger partial charge in [0.15, 0.2) is 0 Å². The molecule has 0 saturated heterocycles. The van der Waals surface area contributed by atoms with Gasteiger partial charge in [0.25, 0.3) is 0 Å². The van der Waals surface area contributed by atoms with E-state index in [4.69, 9.17) is 0 Å². The van der Waals surface area contributed by atoms with E-state index in [-0.39, 0.29) is 12.7 Å². The van der Waals surface area contributed by atoms with Gasteiger partial charge >= 0.3 is 0 Å². The monoisotopic (exact) mass is 251 g/mol. The van der Waals surface area contributed by atoms with E-state index in [9.17, 15) is 4.39 Å². The Labute approximate surface area is 111 Å². The topological polar surface area (TPSA) is 3.24 Å². The zero-order valence-electron chi connectivity index (χ0n) is 11.9. The third kappa shape index (κ3) is 5.97. The van der Waals surface area contributed by atoms with Crippen LogP contribution in [0.3, 0.4) is 0 Å². The largest absolute Gasteiger partial charge is 0.291 e. The van der Waals surface area contributed by atoms with Crippen molar-refractivity contribution < 1.29 is 4.39 Å². The normalized spacial score (nSPS) is 14.8. The Kier molecular flexibility index (Phi) is 10.3. The lowest BCUT2D eigenvalue weighted by Gasteiger charge is -2.28. The molecule has 0 aromatic heterocycles. The minimum atomic E-state index is -0.319. The van der Waals surface area contributed by atoms with E-state index >= 15 is 0 Å². The third-order valence-corrected chi connectivity index (χ3v) is 2.82. The first-order chi connectivity index (χ1) is 8.74. The van der Waals surface area contributed by atoms with Crippen LogP contribution >= 0.6 is 0 Å². The van der Waals surface area contributed by atoms with Gasteiger partial charge in [-0.05, 0) is 25.5 Å². The molecule has 0 aliphatic carbocycles. The van der Waals surface area contributed by atoms with Crippen LogP contribution in [0.1, 0.15) is 27.2 Å². The van der Waals surface area contributed by atoms with Gasteiger partial charge in [-0.2, -0.15) is 0 Å². The van der Waals surface area contributed by atoms with Crippen LogP contribution in [-0.2, 0) is 0 Å². The SMILES string of the molecule is C=C/C=C/C(C(/C=C\CC)=C/C)N(CC)CCF. The van der Waals surface area contributed by atoms with Gasteiger partial charge < -0.3 is 0 Å². The summed E-state index contributed by atoms with van der Waals surface area (Å²) in [5, 5.41) is 0.